The van der Waals surface area contributed by atoms with Crippen molar-refractivity contribution < 1.29 is 23.8 Å². The Bertz CT molecular complexity index is 1220. The molecule has 0 aromatic carbocycles. The van der Waals surface area contributed by atoms with Gasteiger partial charge in [0.25, 0.3) is 0 Å². The van der Waals surface area contributed by atoms with Gasteiger partial charge in [-0.05, 0) is 140 Å². The summed E-state index contributed by atoms with van der Waals surface area (Å²) in [6.07, 6.45) is 18.1. The Hall–Kier alpha value is -1.78. The molecular formula is C41H66O5. The van der Waals surface area contributed by atoms with Gasteiger partial charge < -0.3 is 14.2 Å². The average molecular weight is 639 g/mol. The summed E-state index contributed by atoms with van der Waals surface area (Å²) in [6, 6.07) is 0. The fraction of sp³-hybridized carbons (Fsp3) is 0.854. The van der Waals surface area contributed by atoms with Crippen LogP contribution in [0.4, 0.5) is 0 Å². The Morgan fingerprint density at radius 3 is 2.17 bits per heavy atom. The van der Waals surface area contributed by atoms with E-state index in [1.54, 1.807) is 7.11 Å². The van der Waals surface area contributed by atoms with Gasteiger partial charge in [0.2, 0.25) is 0 Å². The van der Waals surface area contributed by atoms with Gasteiger partial charge in [0, 0.05) is 5.41 Å². The summed E-state index contributed by atoms with van der Waals surface area (Å²) in [5.41, 5.74) is 2.05. The molecule has 5 aliphatic rings. The second-order valence-corrected chi connectivity index (χ2v) is 18.8. The summed E-state index contributed by atoms with van der Waals surface area (Å²) >= 11 is 0. The van der Waals surface area contributed by atoms with E-state index in [0.717, 1.165) is 25.2 Å². The van der Waals surface area contributed by atoms with Crippen molar-refractivity contribution in [3.63, 3.8) is 0 Å². The normalized spacial score (nSPS) is 43.1. The van der Waals surface area contributed by atoms with Crippen LogP contribution in [0.25, 0.3) is 0 Å². The third-order valence-electron chi connectivity index (χ3n) is 15.7. The molecule has 5 nitrogen and oxygen atoms in total. The topological polar surface area (TPSA) is 61.8 Å². The summed E-state index contributed by atoms with van der Waals surface area (Å²) in [7, 11) is 3.17. The first-order valence-corrected chi connectivity index (χ1v) is 18.5. The van der Waals surface area contributed by atoms with Crippen molar-refractivity contribution in [2.75, 3.05) is 14.2 Å². The van der Waals surface area contributed by atoms with Crippen LogP contribution in [0.5, 0.6) is 0 Å². The molecule has 10 atom stereocenters. The molecule has 5 aliphatic carbocycles. The average Bonchev–Trinajstić information content (AvgIpc) is 3.34. The molecule has 46 heavy (non-hydrogen) atoms. The van der Waals surface area contributed by atoms with E-state index in [2.05, 4.69) is 54.2 Å². The van der Waals surface area contributed by atoms with Crippen LogP contribution in [0.1, 0.15) is 139 Å². The van der Waals surface area contributed by atoms with Crippen LogP contribution in [0.2, 0.25) is 0 Å². The number of carbonyl (C=O) groups is 2. The molecule has 4 unspecified atom stereocenters. The maximum atomic E-state index is 13.3. The first-order valence-electron chi connectivity index (χ1n) is 18.5. The molecule has 260 valence electrons. The molecule has 5 fully saturated rings. The molecule has 0 radical (unpaired) electrons. The smallest absolute Gasteiger partial charge is 0.306 e. The number of fused-ring (bicyclic) bond motifs is 7. The van der Waals surface area contributed by atoms with E-state index in [1.807, 2.05) is 20.1 Å². The molecule has 0 spiro atoms. The lowest BCUT2D eigenvalue weighted by Crippen LogP contribution is -2.66. The number of methoxy groups -OCH3 is 2. The first kappa shape index (κ1) is 35.5. The summed E-state index contributed by atoms with van der Waals surface area (Å²) in [5.74, 6) is 2.82. The Labute approximate surface area is 281 Å². The van der Waals surface area contributed by atoms with Crippen molar-refractivity contribution in [1.29, 1.82) is 0 Å². The molecule has 5 heteroatoms. The predicted molar refractivity (Wildman–Crippen MR) is 185 cm³/mol. The lowest BCUT2D eigenvalue weighted by atomic mass is 9.32. The summed E-state index contributed by atoms with van der Waals surface area (Å²) < 4.78 is 16.6. The number of hydrogen-bond donors (Lipinski definition) is 0. The quantitative estimate of drug-likeness (QED) is 0.143. The van der Waals surface area contributed by atoms with Gasteiger partial charge in [-0.2, -0.15) is 0 Å². The molecule has 0 aromatic rings. The van der Waals surface area contributed by atoms with E-state index in [0.29, 0.717) is 39.9 Å². The highest BCUT2D eigenvalue weighted by Gasteiger charge is 2.71. The van der Waals surface area contributed by atoms with Gasteiger partial charge in [0.1, 0.15) is 6.10 Å². The van der Waals surface area contributed by atoms with Gasteiger partial charge in [0.15, 0.2) is 0 Å². The third kappa shape index (κ3) is 5.60. The van der Waals surface area contributed by atoms with Crippen molar-refractivity contribution in [2.45, 2.75) is 145 Å². The van der Waals surface area contributed by atoms with Crippen molar-refractivity contribution >= 4 is 11.9 Å². The molecule has 5 rings (SSSR count). The zero-order chi connectivity index (χ0) is 33.9. The second kappa shape index (κ2) is 12.3. The maximum absolute atomic E-state index is 13.3. The zero-order valence-electron chi connectivity index (χ0n) is 31.1. The highest BCUT2D eigenvalue weighted by Crippen LogP contribution is 2.78. The zero-order valence-corrected chi connectivity index (χ0v) is 31.1. The highest BCUT2D eigenvalue weighted by molar-refractivity contribution is 5.74. The Kier molecular flexibility index (Phi) is 9.48. The van der Waals surface area contributed by atoms with Crippen molar-refractivity contribution in [3.05, 3.63) is 24.5 Å². The largest absolute Gasteiger partial charge is 0.505 e. The Balaban J connectivity index is 1.38. The van der Waals surface area contributed by atoms with E-state index in [4.69, 9.17) is 14.2 Å². The van der Waals surface area contributed by atoms with Gasteiger partial charge in [-0.25, -0.2) is 0 Å². The van der Waals surface area contributed by atoms with E-state index < -0.39 is 5.41 Å². The van der Waals surface area contributed by atoms with E-state index in [-0.39, 0.29) is 41.7 Å². The summed E-state index contributed by atoms with van der Waals surface area (Å²) in [6.45, 7) is 23.5. The standard InChI is InChI=1S/C41H66O5/c1-27(2)28-15-21-41(18-12-24-44-10)23-22-39(8)29(35(28)41)13-14-31-38(7)19-17-32(37(5,6)30(38)16-20-40(31,39)9)46-34(43)26-36(3,4)25-33(42)45-11/h12,24,28-32,35H,1,13-23,25-26H2,2-11H3/b24-12+/t28-,29?,30?,31?,32-,35?,38-,39+,40+,41+/m0/s1. The van der Waals surface area contributed by atoms with E-state index in [9.17, 15) is 9.59 Å². The molecular weight excluding hydrogens is 572 g/mol. The Morgan fingerprint density at radius 1 is 0.826 bits per heavy atom. The maximum Gasteiger partial charge on any atom is 0.306 e. The Morgan fingerprint density at radius 2 is 1.52 bits per heavy atom. The molecule has 0 aromatic heterocycles. The lowest BCUT2D eigenvalue weighted by Gasteiger charge is -2.73. The van der Waals surface area contributed by atoms with Crippen LogP contribution in [-0.4, -0.2) is 32.3 Å². The van der Waals surface area contributed by atoms with Crippen molar-refractivity contribution in [2.24, 2.45) is 62.1 Å². The predicted octanol–water partition coefficient (Wildman–Crippen LogP) is 10.1. The van der Waals surface area contributed by atoms with Gasteiger partial charge in [-0.1, -0.05) is 60.6 Å². The third-order valence-corrected chi connectivity index (χ3v) is 15.7. The van der Waals surface area contributed by atoms with Gasteiger partial charge in [0.05, 0.1) is 33.3 Å². The van der Waals surface area contributed by atoms with Crippen LogP contribution in [0, 0.1) is 62.1 Å². The van der Waals surface area contributed by atoms with Crippen LogP contribution in [0.15, 0.2) is 24.5 Å². The monoisotopic (exact) mass is 638 g/mol. The first-order chi connectivity index (χ1) is 21.4. The van der Waals surface area contributed by atoms with Gasteiger partial charge in [-0.3, -0.25) is 9.59 Å². The summed E-state index contributed by atoms with van der Waals surface area (Å²) in [5, 5.41) is 0. The SMILES string of the molecule is C=C(C)[C@@H]1CC[C@]2(C/C=C/OC)CC[C@]3(C)C(CCC4[C@@]5(C)CC[C@H](OC(=O)CC(C)(C)CC(=O)OC)C(C)(C)C5CC[C@]43C)C12. The molecule has 0 saturated heterocycles. The van der Waals surface area contributed by atoms with Gasteiger partial charge in [-0.15, -0.1) is 0 Å². The number of carbonyl (C=O) groups excluding carboxylic acids is 2. The van der Waals surface area contributed by atoms with Gasteiger partial charge >= 0.3 is 11.9 Å². The molecule has 0 heterocycles. The lowest BCUT2D eigenvalue weighted by molar-refractivity contribution is -0.250. The van der Waals surface area contributed by atoms with Crippen LogP contribution >= 0.6 is 0 Å². The number of hydrogen-bond acceptors (Lipinski definition) is 5. The van der Waals surface area contributed by atoms with E-state index in [1.165, 1.54) is 64.0 Å². The molecule has 0 bridgehead atoms. The molecule has 0 amide bonds. The number of rotatable bonds is 9. The minimum absolute atomic E-state index is 0.0893. The van der Waals surface area contributed by atoms with Crippen LogP contribution < -0.4 is 0 Å². The fourth-order valence-corrected chi connectivity index (χ4v) is 13.3. The highest BCUT2D eigenvalue weighted by atomic mass is 16.5. The molecule has 0 aliphatic heterocycles. The second-order valence-electron chi connectivity index (χ2n) is 18.8. The summed E-state index contributed by atoms with van der Waals surface area (Å²) in [4.78, 5) is 25.2. The fourth-order valence-electron chi connectivity index (χ4n) is 13.3. The van der Waals surface area contributed by atoms with Crippen molar-refractivity contribution in [1.82, 2.24) is 0 Å². The van der Waals surface area contributed by atoms with E-state index >= 15 is 0 Å². The molecule has 5 saturated carbocycles. The van der Waals surface area contributed by atoms with Crippen LogP contribution in [0.3, 0.4) is 0 Å². The number of ether oxygens (including phenoxy) is 3. The van der Waals surface area contributed by atoms with Crippen LogP contribution in [-0.2, 0) is 23.8 Å². The minimum Gasteiger partial charge on any atom is -0.505 e. The number of allylic oxidation sites excluding steroid dienone is 2. The van der Waals surface area contributed by atoms with Crippen molar-refractivity contribution in [3.8, 4) is 0 Å². The number of esters is 2. The molecule has 0 N–H and O–H groups in total. The minimum atomic E-state index is -0.488.